The van der Waals surface area contributed by atoms with Gasteiger partial charge in [0, 0.05) is 30.3 Å². The Kier molecular flexibility index (Phi) is 2.69. The van der Waals surface area contributed by atoms with Crippen LogP contribution < -0.4 is 16.4 Å². The van der Waals surface area contributed by atoms with Gasteiger partial charge in [0.15, 0.2) is 11.3 Å². The molecule has 10 heteroatoms. The number of non-ortho nitro benzene ring substituents is 1. The summed E-state index contributed by atoms with van der Waals surface area (Å²) in [6.45, 7) is 1.58. The lowest BCUT2D eigenvalue weighted by molar-refractivity contribution is -0.384. The second-order valence-corrected chi connectivity index (χ2v) is 5.63. The Morgan fingerprint density at radius 2 is 2.20 bits per heavy atom. The van der Waals surface area contributed by atoms with Crippen LogP contribution in [0.2, 0.25) is 0 Å². The first-order valence-electron chi connectivity index (χ1n) is 7.15. The molecule has 1 aromatic carbocycles. The summed E-state index contributed by atoms with van der Waals surface area (Å²) in [4.78, 5) is 27.8. The molecular weight excluding hydrogens is 328 g/mol. The lowest BCUT2D eigenvalue weighted by Crippen LogP contribution is -2.43. The summed E-state index contributed by atoms with van der Waals surface area (Å²) in [5.41, 5.74) is 4.66. The molecule has 124 valence electrons. The number of benzene rings is 1. The number of rotatable bonds is 1. The zero-order valence-corrected chi connectivity index (χ0v) is 12.8. The fourth-order valence-corrected chi connectivity index (χ4v) is 3.30. The van der Waals surface area contributed by atoms with E-state index in [4.69, 9.17) is 10.2 Å². The van der Waals surface area contributed by atoms with E-state index in [-0.39, 0.29) is 40.1 Å². The van der Waals surface area contributed by atoms with Gasteiger partial charge in [0.2, 0.25) is 11.8 Å². The second kappa shape index (κ2) is 4.57. The van der Waals surface area contributed by atoms with Crippen molar-refractivity contribution in [1.82, 2.24) is 4.98 Å². The highest BCUT2D eigenvalue weighted by Crippen LogP contribution is 2.52. The highest BCUT2D eigenvalue weighted by Gasteiger charge is 2.58. The van der Waals surface area contributed by atoms with Crippen LogP contribution in [-0.4, -0.2) is 15.8 Å². The monoisotopic (exact) mass is 338 g/mol. The van der Waals surface area contributed by atoms with Crippen LogP contribution in [0.4, 0.5) is 17.3 Å². The predicted octanol–water partition coefficient (Wildman–Crippen LogP) is 1.25. The third kappa shape index (κ3) is 1.66. The van der Waals surface area contributed by atoms with Crippen molar-refractivity contribution in [2.24, 2.45) is 5.73 Å². The summed E-state index contributed by atoms with van der Waals surface area (Å²) in [5, 5.41) is 26.2. The molecule has 4 rings (SSSR count). The van der Waals surface area contributed by atoms with E-state index in [0.717, 1.165) is 0 Å². The number of hydrogen-bond acceptors (Lipinski definition) is 8. The molecule has 1 atom stereocenters. The van der Waals surface area contributed by atoms with Crippen LogP contribution in [0.3, 0.4) is 0 Å². The van der Waals surface area contributed by atoms with E-state index < -0.39 is 16.2 Å². The number of amides is 1. The van der Waals surface area contributed by atoms with Crippen molar-refractivity contribution in [3.8, 4) is 6.07 Å². The maximum atomic E-state index is 12.9. The number of nitro benzene ring substituents is 1. The molecule has 2 aliphatic rings. The molecule has 10 nitrogen and oxygen atoms in total. The highest BCUT2D eigenvalue weighted by molar-refractivity contribution is 6.13. The van der Waals surface area contributed by atoms with Gasteiger partial charge in [0.25, 0.3) is 5.69 Å². The van der Waals surface area contributed by atoms with Crippen LogP contribution in [0.1, 0.15) is 17.1 Å². The maximum absolute atomic E-state index is 12.9. The number of nitriles is 1. The van der Waals surface area contributed by atoms with Crippen molar-refractivity contribution in [3.05, 3.63) is 56.9 Å². The van der Waals surface area contributed by atoms with Gasteiger partial charge in [0.05, 0.1) is 10.5 Å². The van der Waals surface area contributed by atoms with E-state index in [2.05, 4.69) is 15.6 Å². The van der Waals surface area contributed by atoms with Gasteiger partial charge >= 0.3 is 0 Å². The average molecular weight is 338 g/mol. The van der Waals surface area contributed by atoms with Crippen LogP contribution in [0.15, 0.2) is 34.0 Å². The summed E-state index contributed by atoms with van der Waals surface area (Å²) < 4.78 is 5.44. The van der Waals surface area contributed by atoms with Crippen molar-refractivity contribution in [2.75, 3.05) is 10.6 Å². The van der Waals surface area contributed by atoms with E-state index in [0.29, 0.717) is 5.69 Å². The molecule has 25 heavy (non-hydrogen) atoms. The molecule has 4 N–H and O–H groups in total. The molecular formula is C15H10N6O4. The zero-order chi connectivity index (χ0) is 17.9. The Morgan fingerprint density at radius 1 is 1.44 bits per heavy atom. The summed E-state index contributed by atoms with van der Waals surface area (Å²) >= 11 is 0. The highest BCUT2D eigenvalue weighted by atomic mass is 16.6. The summed E-state index contributed by atoms with van der Waals surface area (Å²) in [6, 6.07) is 5.87. The van der Waals surface area contributed by atoms with Gasteiger partial charge in [-0.1, -0.05) is 0 Å². The number of carbonyl (C=O) groups excluding carboxylic acids is 1. The van der Waals surface area contributed by atoms with Crippen LogP contribution in [0.25, 0.3) is 0 Å². The quantitative estimate of drug-likeness (QED) is 0.517. The van der Waals surface area contributed by atoms with Crippen molar-refractivity contribution in [3.63, 3.8) is 0 Å². The number of oxazole rings is 1. The number of hydrogen-bond donors (Lipinski definition) is 3. The van der Waals surface area contributed by atoms with E-state index >= 15 is 0 Å². The molecule has 0 bridgehead atoms. The molecule has 0 aliphatic carbocycles. The Balaban J connectivity index is 2.13. The molecule has 0 fully saturated rings. The topological polar surface area (TPSA) is 160 Å². The number of nitrogens with one attached hydrogen (secondary N) is 2. The van der Waals surface area contributed by atoms with Crippen LogP contribution >= 0.6 is 0 Å². The van der Waals surface area contributed by atoms with Gasteiger partial charge in [-0.3, -0.25) is 14.9 Å². The van der Waals surface area contributed by atoms with E-state index in [1.807, 2.05) is 6.07 Å². The number of aryl methyl sites for hydroxylation is 1. The number of aromatic nitrogens is 1. The first-order chi connectivity index (χ1) is 11.9. The number of carbonyl (C=O) groups is 1. The van der Waals surface area contributed by atoms with Crippen LogP contribution in [-0.2, 0) is 10.2 Å². The van der Waals surface area contributed by atoms with Crippen molar-refractivity contribution in [1.29, 1.82) is 5.26 Å². The number of anilines is 2. The third-order valence-electron chi connectivity index (χ3n) is 4.30. The van der Waals surface area contributed by atoms with E-state index in [1.165, 1.54) is 18.2 Å². The van der Waals surface area contributed by atoms with Crippen molar-refractivity contribution in [2.45, 2.75) is 12.3 Å². The molecule has 3 heterocycles. The Labute approximate surface area is 140 Å². The fourth-order valence-electron chi connectivity index (χ4n) is 3.30. The minimum Gasteiger partial charge on any atom is -0.425 e. The maximum Gasteiger partial charge on any atom is 0.269 e. The molecule has 1 aromatic heterocycles. The molecule has 2 aromatic rings. The molecule has 1 amide bonds. The molecule has 0 saturated heterocycles. The Hall–Kier alpha value is -3.87. The summed E-state index contributed by atoms with van der Waals surface area (Å²) in [6.07, 6.45) is 0. The summed E-state index contributed by atoms with van der Waals surface area (Å²) in [7, 11) is 0. The Bertz CT molecular complexity index is 1050. The van der Waals surface area contributed by atoms with Gasteiger partial charge in [-0.2, -0.15) is 5.26 Å². The molecule has 0 unspecified atom stereocenters. The minimum absolute atomic E-state index is 0.0688. The Morgan fingerprint density at radius 3 is 2.88 bits per heavy atom. The number of nitro groups is 1. The van der Waals surface area contributed by atoms with Crippen LogP contribution in [0.5, 0.6) is 0 Å². The molecule has 1 spiro atoms. The second-order valence-electron chi connectivity index (χ2n) is 5.63. The van der Waals surface area contributed by atoms with Gasteiger partial charge in [-0.15, -0.1) is 0 Å². The first kappa shape index (κ1) is 14.7. The fraction of sp³-hybridized carbons (Fsp3) is 0.133. The van der Waals surface area contributed by atoms with Gasteiger partial charge in [-0.25, -0.2) is 4.98 Å². The van der Waals surface area contributed by atoms with Gasteiger partial charge in [-0.05, 0) is 6.07 Å². The third-order valence-corrected chi connectivity index (χ3v) is 4.30. The lowest BCUT2D eigenvalue weighted by atomic mass is 9.71. The zero-order valence-electron chi connectivity index (χ0n) is 12.8. The number of fused-ring (bicyclic) bond motifs is 4. The van der Waals surface area contributed by atoms with Crippen LogP contribution in [0, 0.1) is 28.4 Å². The average Bonchev–Trinajstić information content (AvgIpc) is 3.06. The van der Waals surface area contributed by atoms with E-state index in [9.17, 15) is 20.2 Å². The standard InChI is InChI=1S/C15H10N6O4/c1-6-18-11-13(25-6)20-12(17)9(5-16)15(11)8-4-7(21(23)24)2-3-10(8)19-14(15)22/h2-4,20H,17H2,1H3,(H,19,22)/t15-/m1/s1. The van der Waals surface area contributed by atoms with E-state index in [1.54, 1.807) is 6.92 Å². The van der Waals surface area contributed by atoms with Gasteiger partial charge in [0.1, 0.15) is 17.6 Å². The largest absolute Gasteiger partial charge is 0.425 e. The smallest absolute Gasteiger partial charge is 0.269 e. The molecule has 0 radical (unpaired) electrons. The van der Waals surface area contributed by atoms with Crippen molar-refractivity contribution < 1.29 is 14.1 Å². The normalized spacial score (nSPS) is 20.6. The number of nitrogens with zero attached hydrogens (tertiary/aromatic N) is 3. The SMILES string of the molecule is Cc1nc2c(o1)NC(N)=C(C#N)[C@@]21C(=O)Nc2ccc([N+](=O)[O-])cc21. The van der Waals surface area contributed by atoms with Crippen molar-refractivity contribution >= 4 is 23.2 Å². The number of nitrogens with two attached hydrogens (primary N) is 1. The molecule has 2 aliphatic heterocycles. The minimum atomic E-state index is -1.70. The predicted molar refractivity (Wildman–Crippen MR) is 84.2 cm³/mol. The molecule has 0 saturated carbocycles. The lowest BCUT2D eigenvalue weighted by Gasteiger charge is -2.30. The first-order valence-corrected chi connectivity index (χ1v) is 7.15. The van der Waals surface area contributed by atoms with Gasteiger partial charge < -0.3 is 20.8 Å². The summed E-state index contributed by atoms with van der Waals surface area (Å²) in [5.74, 6) is -0.252.